The van der Waals surface area contributed by atoms with Gasteiger partial charge in [0.05, 0.1) is 0 Å². The summed E-state index contributed by atoms with van der Waals surface area (Å²) in [6, 6.07) is 10.7. The molecule has 0 amide bonds. The molecule has 0 radical (unpaired) electrons. The Balaban J connectivity index is 0. The Kier molecular flexibility index (Phi) is 26.1. The zero-order valence-corrected chi connectivity index (χ0v) is 21.5. The molecule has 0 aliphatic heterocycles. The van der Waals surface area contributed by atoms with Crippen molar-refractivity contribution in [3.05, 3.63) is 72.9 Å². The van der Waals surface area contributed by atoms with Crippen molar-refractivity contribution in [2.75, 3.05) is 47.6 Å². The van der Waals surface area contributed by atoms with Crippen molar-refractivity contribution in [1.29, 1.82) is 0 Å². The van der Waals surface area contributed by atoms with E-state index in [2.05, 4.69) is 72.0 Å². The van der Waals surface area contributed by atoms with Gasteiger partial charge < -0.3 is 14.6 Å². The smallest absolute Gasteiger partial charge is 0.107 e. The molecule has 0 spiro atoms. The lowest BCUT2D eigenvalue weighted by molar-refractivity contribution is 0.168. The lowest BCUT2D eigenvalue weighted by Crippen LogP contribution is -2.29. The summed E-state index contributed by atoms with van der Waals surface area (Å²) in [6.07, 6.45) is 17.4. The van der Waals surface area contributed by atoms with Crippen molar-refractivity contribution in [1.82, 2.24) is 4.90 Å². The number of ether oxygens (including phenoxy) is 2. The Bertz CT molecular complexity index is 630. The number of allylic oxidation sites excluding steroid dienone is 2. The van der Waals surface area contributed by atoms with E-state index in [9.17, 15) is 0 Å². The van der Waals surface area contributed by atoms with Crippen molar-refractivity contribution < 1.29 is 14.6 Å². The highest BCUT2D eigenvalue weighted by molar-refractivity contribution is 5.23. The van der Waals surface area contributed by atoms with Crippen molar-refractivity contribution >= 4 is 0 Å². The first-order chi connectivity index (χ1) is 16.1. The molecule has 1 aliphatic carbocycles. The van der Waals surface area contributed by atoms with E-state index in [1.807, 2.05) is 12.2 Å². The molecule has 1 saturated carbocycles. The van der Waals surface area contributed by atoms with E-state index in [0.29, 0.717) is 6.61 Å². The average molecular weight is 458 g/mol. The van der Waals surface area contributed by atoms with E-state index >= 15 is 0 Å². The van der Waals surface area contributed by atoms with Gasteiger partial charge in [0, 0.05) is 41.0 Å². The van der Waals surface area contributed by atoms with Gasteiger partial charge in [-0.25, -0.2) is 0 Å². The van der Waals surface area contributed by atoms with Gasteiger partial charge in [0.15, 0.2) is 0 Å². The minimum Gasteiger partial charge on any atom is -0.400 e. The van der Waals surface area contributed by atoms with Crippen LogP contribution in [0.1, 0.15) is 44.6 Å². The highest BCUT2D eigenvalue weighted by Crippen LogP contribution is 2.29. The zero-order chi connectivity index (χ0) is 25.2. The van der Waals surface area contributed by atoms with Gasteiger partial charge in [-0.3, -0.25) is 4.90 Å². The number of nitrogens with zero attached hydrogens (tertiary/aromatic N) is 1. The average Bonchev–Trinajstić information content (AvgIpc) is 2.81. The molecular formula is C29H47NO3. The van der Waals surface area contributed by atoms with Crippen LogP contribution in [0.5, 0.6) is 0 Å². The van der Waals surface area contributed by atoms with Crippen LogP contribution in [0.2, 0.25) is 0 Å². The minimum atomic E-state index is 0.452. The Morgan fingerprint density at radius 3 is 2.30 bits per heavy atom. The summed E-state index contributed by atoms with van der Waals surface area (Å²) in [7, 11) is 4.25. The molecule has 0 atom stereocenters. The summed E-state index contributed by atoms with van der Waals surface area (Å²) in [5.74, 6) is 3.34. The molecule has 0 unspecified atom stereocenters. The number of aliphatic hydroxyl groups is 1. The molecule has 0 saturated heterocycles. The first-order valence-electron chi connectivity index (χ1n) is 11.7. The molecule has 33 heavy (non-hydrogen) atoms. The number of benzene rings is 1. The molecule has 2 rings (SSSR count). The van der Waals surface area contributed by atoms with Gasteiger partial charge in [-0.05, 0) is 36.4 Å². The SMILES string of the molecule is C#CCOCCC.C=C/C=C(\C=C)CN(CCC1CCC1)Cc1ccccc1.CO.COC. The van der Waals surface area contributed by atoms with E-state index in [-0.39, 0.29) is 0 Å². The second-order valence-corrected chi connectivity index (χ2v) is 7.63. The number of methoxy groups -OCH3 is 1. The highest BCUT2D eigenvalue weighted by Gasteiger charge is 2.18. The summed E-state index contributed by atoms with van der Waals surface area (Å²) < 4.78 is 9.15. The fourth-order valence-corrected chi connectivity index (χ4v) is 3.07. The van der Waals surface area contributed by atoms with E-state index < -0.39 is 0 Å². The van der Waals surface area contributed by atoms with Gasteiger partial charge in [-0.1, -0.05) is 93.8 Å². The Morgan fingerprint density at radius 2 is 1.85 bits per heavy atom. The van der Waals surface area contributed by atoms with Crippen molar-refractivity contribution in [3.63, 3.8) is 0 Å². The molecular weight excluding hydrogens is 410 g/mol. The van der Waals surface area contributed by atoms with Crippen LogP contribution in [0.4, 0.5) is 0 Å². The maximum absolute atomic E-state index is 7.00. The standard InChI is InChI=1S/C20H27N.C6H10O.C2H6O.CH4O/c1-3-9-18(4-2)16-21(15-14-19-12-8-13-19)17-20-10-6-5-7-11-20;1-3-5-7-6-4-2;1-3-2;1-2/h3-7,9-11,19H,1-2,8,12-17H2;1H,4-6H2,2H3;1-2H3;2H,1H3/b18-9+;;;. The summed E-state index contributed by atoms with van der Waals surface area (Å²) in [6.45, 7) is 14.1. The molecule has 1 aromatic rings. The second-order valence-electron chi connectivity index (χ2n) is 7.63. The Morgan fingerprint density at radius 1 is 1.21 bits per heavy atom. The third kappa shape index (κ3) is 20.2. The van der Waals surface area contributed by atoms with Gasteiger partial charge >= 0.3 is 0 Å². The lowest BCUT2D eigenvalue weighted by atomic mass is 9.83. The molecule has 4 nitrogen and oxygen atoms in total. The minimum absolute atomic E-state index is 0.452. The number of rotatable bonds is 12. The number of aliphatic hydroxyl groups excluding tert-OH is 1. The van der Waals surface area contributed by atoms with E-state index in [1.165, 1.54) is 43.4 Å². The van der Waals surface area contributed by atoms with E-state index in [0.717, 1.165) is 39.1 Å². The fraction of sp³-hybridized carbons (Fsp3) is 0.517. The van der Waals surface area contributed by atoms with Crippen LogP contribution in [0.25, 0.3) is 0 Å². The maximum atomic E-state index is 7.00. The third-order valence-electron chi connectivity index (χ3n) is 4.86. The Hall–Kier alpha value is -2.16. The second kappa shape index (κ2) is 26.1. The molecule has 1 N–H and O–H groups in total. The zero-order valence-electron chi connectivity index (χ0n) is 21.5. The molecule has 0 heterocycles. The van der Waals surface area contributed by atoms with E-state index in [1.54, 1.807) is 14.2 Å². The van der Waals surface area contributed by atoms with Crippen molar-refractivity contribution in [2.45, 2.75) is 45.6 Å². The predicted molar refractivity (Wildman–Crippen MR) is 143 cm³/mol. The third-order valence-corrected chi connectivity index (χ3v) is 4.86. The lowest BCUT2D eigenvalue weighted by Gasteiger charge is -2.29. The van der Waals surface area contributed by atoms with Gasteiger partial charge in [-0.2, -0.15) is 0 Å². The topological polar surface area (TPSA) is 41.9 Å². The van der Waals surface area contributed by atoms with Crippen molar-refractivity contribution in [2.24, 2.45) is 5.92 Å². The van der Waals surface area contributed by atoms with Crippen LogP contribution < -0.4 is 0 Å². The number of hydrogen-bond acceptors (Lipinski definition) is 4. The molecule has 186 valence electrons. The van der Waals surface area contributed by atoms with Gasteiger partial charge in [0.2, 0.25) is 0 Å². The molecule has 1 aliphatic rings. The van der Waals surface area contributed by atoms with Gasteiger partial charge in [0.1, 0.15) is 6.61 Å². The van der Waals surface area contributed by atoms with Crippen molar-refractivity contribution in [3.8, 4) is 12.3 Å². The van der Waals surface area contributed by atoms with Crippen LogP contribution in [0, 0.1) is 18.3 Å². The maximum Gasteiger partial charge on any atom is 0.107 e. The molecule has 0 aromatic heterocycles. The molecule has 4 heteroatoms. The van der Waals surface area contributed by atoms with Crippen LogP contribution in [0.3, 0.4) is 0 Å². The van der Waals surface area contributed by atoms with E-state index in [4.69, 9.17) is 16.3 Å². The summed E-state index contributed by atoms with van der Waals surface area (Å²) in [4.78, 5) is 2.53. The molecule has 0 bridgehead atoms. The van der Waals surface area contributed by atoms with Crippen LogP contribution in [-0.4, -0.2) is 57.6 Å². The number of hydrogen-bond donors (Lipinski definition) is 1. The van der Waals surface area contributed by atoms with Gasteiger partial charge in [0.25, 0.3) is 0 Å². The molecule has 1 aromatic carbocycles. The largest absolute Gasteiger partial charge is 0.400 e. The van der Waals surface area contributed by atoms with Gasteiger partial charge in [-0.15, -0.1) is 6.42 Å². The molecule has 1 fully saturated rings. The normalized spacial score (nSPS) is 12.5. The summed E-state index contributed by atoms with van der Waals surface area (Å²) in [5, 5.41) is 7.00. The first-order valence-corrected chi connectivity index (χ1v) is 11.7. The Labute approximate surface area is 204 Å². The monoisotopic (exact) mass is 457 g/mol. The van der Waals surface area contributed by atoms with Crippen LogP contribution in [-0.2, 0) is 16.0 Å². The quantitative estimate of drug-likeness (QED) is 0.241. The summed E-state index contributed by atoms with van der Waals surface area (Å²) in [5.41, 5.74) is 2.63. The predicted octanol–water partition coefficient (Wildman–Crippen LogP) is 5.89. The fourth-order valence-electron chi connectivity index (χ4n) is 3.07. The number of terminal acetylenes is 1. The summed E-state index contributed by atoms with van der Waals surface area (Å²) >= 11 is 0. The first kappa shape index (κ1) is 33.0. The highest BCUT2D eigenvalue weighted by atomic mass is 16.5. The van der Waals surface area contributed by atoms with Crippen LogP contribution in [0.15, 0.2) is 67.3 Å². The van der Waals surface area contributed by atoms with Crippen LogP contribution >= 0.6 is 0 Å².